The zero-order valence-corrected chi connectivity index (χ0v) is 11.9. The highest BCUT2D eigenvalue weighted by Gasteiger charge is 1.98. The van der Waals surface area contributed by atoms with Crippen LogP contribution in [-0.2, 0) is 9.63 Å². The number of carbonyl (C=O) groups is 1. The fourth-order valence-corrected chi connectivity index (χ4v) is 1.62. The standard InChI is InChI=1S/C17H14FNO3/c1-21-15-9-6-13(7-10-15)8-11-17(20)22-19-12-14-4-2-3-5-16(14)18/h2-12H,1H3/b11-8+,19-12?. The van der Waals surface area contributed by atoms with Crippen LogP contribution in [0.5, 0.6) is 5.75 Å². The van der Waals surface area contributed by atoms with E-state index in [1.165, 1.54) is 18.2 Å². The zero-order valence-electron chi connectivity index (χ0n) is 11.9. The normalized spacial score (nSPS) is 11.0. The van der Waals surface area contributed by atoms with E-state index in [0.717, 1.165) is 17.5 Å². The van der Waals surface area contributed by atoms with Crippen LogP contribution in [0.4, 0.5) is 4.39 Å². The minimum atomic E-state index is -0.650. The number of benzene rings is 2. The third-order valence-corrected chi connectivity index (χ3v) is 2.77. The molecule has 0 aliphatic carbocycles. The second-order valence-electron chi connectivity index (χ2n) is 4.27. The molecule has 0 spiro atoms. The monoisotopic (exact) mass is 299 g/mol. The van der Waals surface area contributed by atoms with Gasteiger partial charge in [-0.2, -0.15) is 0 Å². The van der Waals surface area contributed by atoms with E-state index in [-0.39, 0.29) is 5.56 Å². The van der Waals surface area contributed by atoms with Gasteiger partial charge in [-0.3, -0.25) is 0 Å². The Morgan fingerprint density at radius 3 is 2.55 bits per heavy atom. The van der Waals surface area contributed by atoms with Gasteiger partial charge in [0.25, 0.3) is 0 Å². The Labute approximate surface area is 127 Å². The Balaban J connectivity index is 1.89. The van der Waals surface area contributed by atoms with Crippen LogP contribution in [0.15, 0.2) is 59.8 Å². The summed E-state index contributed by atoms with van der Waals surface area (Å²) in [6.07, 6.45) is 3.97. The first-order chi connectivity index (χ1) is 10.7. The van der Waals surface area contributed by atoms with E-state index in [9.17, 15) is 9.18 Å². The van der Waals surface area contributed by atoms with Crippen molar-refractivity contribution in [1.82, 2.24) is 0 Å². The SMILES string of the molecule is COc1ccc(/C=C/C(=O)ON=Cc2ccccc2F)cc1. The number of hydrogen-bond acceptors (Lipinski definition) is 4. The zero-order chi connectivity index (χ0) is 15.8. The largest absolute Gasteiger partial charge is 0.497 e. The summed E-state index contributed by atoms with van der Waals surface area (Å²) in [5.74, 6) is -0.353. The molecule has 4 nitrogen and oxygen atoms in total. The highest BCUT2D eigenvalue weighted by atomic mass is 19.1. The quantitative estimate of drug-likeness (QED) is 0.368. The van der Waals surface area contributed by atoms with Gasteiger partial charge in [0.1, 0.15) is 11.6 Å². The first-order valence-electron chi connectivity index (χ1n) is 6.50. The van der Waals surface area contributed by atoms with Gasteiger partial charge in [0.05, 0.1) is 13.3 Å². The maximum absolute atomic E-state index is 13.3. The molecule has 0 N–H and O–H groups in total. The van der Waals surface area contributed by atoms with Crippen molar-refractivity contribution in [3.63, 3.8) is 0 Å². The minimum Gasteiger partial charge on any atom is -0.497 e. The first-order valence-corrected chi connectivity index (χ1v) is 6.50. The van der Waals surface area contributed by atoms with E-state index in [4.69, 9.17) is 4.74 Å². The van der Waals surface area contributed by atoms with Gasteiger partial charge in [0, 0.05) is 11.6 Å². The number of halogens is 1. The average Bonchev–Trinajstić information content (AvgIpc) is 2.55. The lowest BCUT2D eigenvalue weighted by atomic mass is 10.2. The van der Waals surface area contributed by atoms with Crippen LogP contribution in [0.2, 0.25) is 0 Å². The van der Waals surface area contributed by atoms with Gasteiger partial charge in [-0.1, -0.05) is 35.5 Å². The molecule has 2 aromatic rings. The van der Waals surface area contributed by atoms with E-state index in [2.05, 4.69) is 9.99 Å². The molecule has 0 aromatic heterocycles. The molecule has 0 amide bonds. The van der Waals surface area contributed by atoms with Crippen molar-refractivity contribution in [2.75, 3.05) is 7.11 Å². The Kier molecular flexibility index (Phi) is 5.43. The average molecular weight is 299 g/mol. The molecule has 0 heterocycles. The van der Waals surface area contributed by atoms with E-state index in [0.29, 0.717) is 0 Å². The molecular formula is C17H14FNO3. The van der Waals surface area contributed by atoms with E-state index < -0.39 is 11.8 Å². The van der Waals surface area contributed by atoms with Crippen molar-refractivity contribution < 1.29 is 18.8 Å². The van der Waals surface area contributed by atoms with Crippen molar-refractivity contribution in [3.8, 4) is 5.75 Å². The van der Waals surface area contributed by atoms with Crippen molar-refractivity contribution in [1.29, 1.82) is 0 Å². The summed E-state index contributed by atoms with van der Waals surface area (Å²) < 4.78 is 18.3. The molecule has 0 saturated heterocycles. The topological polar surface area (TPSA) is 47.9 Å². The lowest BCUT2D eigenvalue weighted by Crippen LogP contribution is -1.95. The molecule has 0 aliphatic heterocycles. The Morgan fingerprint density at radius 2 is 1.86 bits per heavy atom. The Morgan fingerprint density at radius 1 is 1.14 bits per heavy atom. The van der Waals surface area contributed by atoms with E-state index >= 15 is 0 Å². The summed E-state index contributed by atoms with van der Waals surface area (Å²) in [7, 11) is 1.58. The third kappa shape index (κ3) is 4.56. The summed E-state index contributed by atoms with van der Waals surface area (Å²) >= 11 is 0. The van der Waals surface area contributed by atoms with Gasteiger partial charge in [0.15, 0.2) is 0 Å². The predicted octanol–water partition coefficient (Wildman–Crippen LogP) is 3.42. The molecule has 0 fully saturated rings. The van der Waals surface area contributed by atoms with Crippen molar-refractivity contribution in [3.05, 3.63) is 71.6 Å². The van der Waals surface area contributed by atoms with Crippen LogP contribution in [0, 0.1) is 5.82 Å². The van der Waals surface area contributed by atoms with E-state index in [1.54, 1.807) is 49.6 Å². The number of hydrogen-bond donors (Lipinski definition) is 0. The smallest absolute Gasteiger partial charge is 0.358 e. The predicted molar refractivity (Wildman–Crippen MR) is 82.1 cm³/mol. The molecule has 2 aromatic carbocycles. The Bertz CT molecular complexity index is 693. The summed E-state index contributed by atoms with van der Waals surface area (Å²) in [5.41, 5.74) is 1.06. The van der Waals surface area contributed by atoms with Crippen LogP contribution in [0.3, 0.4) is 0 Å². The molecule has 0 bridgehead atoms. The molecule has 112 valence electrons. The summed E-state index contributed by atoms with van der Waals surface area (Å²) in [6.45, 7) is 0. The van der Waals surface area contributed by atoms with E-state index in [1.807, 2.05) is 0 Å². The molecule has 5 heteroatoms. The number of rotatable bonds is 5. The van der Waals surface area contributed by atoms with Crippen LogP contribution < -0.4 is 4.74 Å². The lowest BCUT2D eigenvalue weighted by Gasteiger charge is -1.98. The summed E-state index contributed by atoms with van der Waals surface area (Å²) in [4.78, 5) is 16.1. The number of methoxy groups -OCH3 is 1. The second-order valence-corrected chi connectivity index (χ2v) is 4.27. The van der Waals surface area contributed by atoms with Gasteiger partial charge >= 0.3 is 5.97 Å². The summed E-state index contributed by atoms with van der Waals surface area (Å²) in [5, 5.41) is 3.46. The maximum Gasteiger partial charge on any atom is 0.358 e. The molecule has 0 atom stereocenters. The van der Waals surface area contributed by atoms with Crippen LogP contribution in [0.25, 0.3) is 6.08 Å². The van der Waals surface area contributed by atoms with Crippen LogP contribution >= 0.6 is 0 Å². The van der Waals surface area contributed by atoms with Gasteiger partial charge in [-0.05, 0) is 29.8 Å². The maximum atomic E-state index is 13.3. The fraction of sp³-hybridized carbons (Fsp3) is 0.0588. The molecule has 0 unspecified atom stereocenters. The lowest BCUT2D eigenvalue weighted by molar-refractivity contribution is -0.137. The molecule has 0 radical (unpaired) electrons. The Hall–Kier alpha value is -2.95. The molecule has 2 rings (SSSR count). The second kappa shape index (κ2) is 7.73. The van der Waals surface area contributed by atoms with Crippen LogP contribution in [-0.4, -0.2) is 19.3 Å². The molecule has 0 aliphatic rings. The van der Waals surface area contributed by atoms with Gasteiger partial charge in [-0.25, -0.2) is 9.18 Å². The third-order valence-electron chi connectivity index (χ3n) is 2.77. The molecule has 0 saturated carbocycles. The van der Waals surface area contributed by atoms with Crippen molar-refractivity contribution in [2.45, 2.75) is 0 Å². The number of oxime groups is 1. The summed E-state index contributed by atoms with van der Waals surface area (Å²) in [6, 6.07) is 13.2. The van der Waals surface area contributed by atoms with Gasteiger partial charge < -0.3 is 9.57 Å². The number of nitrogens with zero attached hydrogens (tertiary/aromatic N) is 1. The highest BCUT2D eigenvalue weighted by molar-refractivity contribution is 5.88. The number of carbonyl (C=O) groups excluding carboxylic acids is 1. The first kappa shape index (κ1) is 15.4. The molecule has 22 heavy (non-hydrogen) atoms. The van der Waals surface area contributed by atoms with Crippen molar-refractivity contribution >= 4 is 18.3 Å². The van der Waals surface area contributed by atoms with Gasteiger partial charge in [-0.15, -0.1) is 0 Å². The highest BCUT2D eigenvalue weighted by Crippen LogP contribution is 2.12. The molecular weight excluding hydrogens is 285 g/mol. The number of ether oxygens (including phenoxy) is 1. The minimum absolute atomic E-state index is 0.245. The van der Waals surface area contributed by atoms with Crippen LogP contribution in [0.1, 0.15) is 11.1 Å². The van der Waals surface area contributed by atoms with Gasteiger partial charge in [0.2, 0.25) is 0 Å². The fourth-order valence-electron chi connectivity index (χ4n) is 1.62. The van der Waals surface area contributed by atoms with Crippen molar-refractivity contribution in [2.24, 2.45) is 5.16 Å².